The smallest absolute Gasteiger partial charge is 0.312 e. The summed E-state index contributed by atoms with van der Waals surface area (Å²) >= 11 is 0. The van der Waals surface area contributed by atoms with Crippen molar-refractivity contribution in [1.82, 2.24) is 0 Å². The molecule has 0 saturated heterocycles. The Labute approximate surface area is 121 Å². The Morgan fingerprint density at radius 1 is 1.25 bits per heavy atom. The number of carbonyl (C=O) groups is 1. The Bertz CT molecular complexity index is 632. The zero-order chi connectivity index (χ0) is 13.8. The molecule has 0 aliphatic carbocycles. The third-order valence-electron chi connectivity index (χ3n) is 2.54. The number of hydrogen-bond acceptors (Lipinski definition) is 3. The van der Waals surface area contributed by atoms with Crippen LogP contribution in [0.25, 0.3) is 0 Å². The van der Waals surface area contributed by atoms with E-state index in [-0.39, 0.29) is 23.7 Å². The summed E-state index contributed by atoms with van der Waals surface area (Å²) in [6, 6.07) is 9.72. The molecule has 0 spiro atoms. The van der Waals surface area contributed by atoms with E-state index in [4.69, 9.17) is 0 Å². The van der Waals surface area contributed by atoms with Crippen LogP contribution in [0.3, 0.4) is 0 Å². The molecule has 0 saturated carbocycles. The fraction of sp³-hybridized carbons (Fsp3) is 0.0769. The van der Waals surface area contributed by atoms with Gasteiger partial charge in [-0.1, -0.05) is 16.8 Å². The maximum absolute atomic E-state index is 12.1. The number of aryl methyl sites for hydroxylation is 1. The average molecular weight is 294 g/mol. The number of halogens is 1. The predicted octanol–water partition coefficient (Wildman–Crippen LogP) is -1.42. The minimum absolute atomic E-state index is 0. The number of pyridine rings is 1. The molecule has 6 nitrogen and oxygen atoms in total. The van der Waals surface area contributed by atoms with E-state index < -0.39 is 10.8 Å². The van der Waals surface area contributed by atoms with Gasteiger partial charge in [0.05, 0.1) is 4.92 Å². The van der Waals surface area contributed by atoms with Gasteiger partial charge in [-0.2, -0.15) is 0 Å². The number of nitro benzene ring substituents is 1. The molecule has 1 amide bonds. The first kappa shape index (κ1) is 15.6. The Kier molecular flexibility index (Phi) is 5.16. The highest BCUT2D eigenvalue weighted by Crippen LogP contribution is 2.19. The SMILES string of the molecule is Cc1ccc([N+](=O)[O-])c(C(=O)N[n+]2ccccc2)c1.[Cl-]. The first-order valence-electron chi connectivity index (χ1n) is 5.60. The van der Waals surface area contributed by atoms with E-state index in [9.17, 15) is 14.9 Å². The lowest BCUT2D eigenvalue weighted by atomic mass is 10.1. The van der Waals surface area contributed by atoms with Gasteiger partial charge in [-0.05, 0) is 18.6 Å². The standard InChI is InChI=1S/C13H11N3O3.ClH/c1-10-5-6-12(16(18)19)11(9-10)13(17)14-15-7-3-2-4-8-15;/h2-9H,1H3;1H. The summed E-state index contributed by atoms with van der Waals surface area (Å²) in [5.74, 6) is -0.522. The quantitative estimate of drug-likeness (QED) is 0.429. The number of nitro groups is 1. The number of hydrogen-bond donors (Lipinski definition) is 1. The summed E-state index contributed by atoms with van der Waals surface area (Å²) in [5.41, 5.74) is 3.17. The predicted molar refractivity (Wildman–Crippen MR) is 68.2 cm³/mol. The van der Waals surface area contributed by atoms with Crippen LogP contribution in [0.2, 0.25) is 0 Å². The van der Waals surface area contributed by atoms with Crippen molar-refractivity contribution in [2.45, 2.75) is 6.92 Å². The maximum atomic E-state index is 12.1. The van der Waals surface area contributed by atoms with Crippen molar-refractivity contribution in [3.8, 4) is 0 Å². The summed E-state index contributed by atoms with van der Waals surface area (Å²) in [5, 5.41) is 10.9. The second-order valence-corrected chi connectivity index (χ2v) is 4.00. The fourth-order valence-corrected chi connectivity index (χ4v) is 1.64. The Hall–Kier alpha value is -2.47. The summed E-state index contributed by atoms with van der Waals surface area (Å²) in [6.45, 7) is 1.77. The Morgan fingerprint density at radius 3 is 2.50 bits per heavy atom. The minimum Gasteiger partial charge on any atom is -1.00 e. The third kappa shape index (κ3) is 3.52. The van der Waals surface area contributed by atoms with Gasteiger partial charge in [0.1, 0.15) is 5.56 Å². The lowest BCUT2D eigenvalue weighted by Gasteiger charge is -2.02. The average Bonchev–Trinajstić information content (AvgIpc) is 2.39. The van der Waals surface area contributed by atoms with Gasteiger partial charge in [-0.3, -0.25) is 14.9 Å². The molecule has 0 radical (unpaired) electrons. The van der Waals surface area contributed by atoms with Crippen LogP contribution in [0, 0.1) is 17.0 Å². The van der Waals surface area contributed by atoms with Crippen LogP contribution in [0.4, 0.5) is 5.69 Å². The molecule has 1 N–H and O–H groups in total. The van der Waals surface area contributed by atoms with Gasteiger partial charge >= 0.3 is 5.91 Å². The van der Waals surface area contributed by atoms with E-state index in [1.54, 1.807) is 43.6 Å². The van der Waals surface area contributed by atoms with E-state index in [2.05, 4.69) is 5.43 Å². The van der Waals surface area contributed by atoms with Crippen LogP contribution in [-0.2, 0) is 0 Å². The molecule has 0 bridgehead atoms. The monoisotopic (exact) mass is 293 g/mol. The molecular formula is C13H12ClN3O3. The van der Waals surface area contributed by atoms with Crippen LogP contribution in [0.5, 0.6) is 0 Å². The zero-order valence-electron chi connectivity index (χ0n) is 10.6. The molecule has 1 heterocycles. The summed E-state index contributed by atoms with van der Waals surface area (Å²) in [7, 11) is 0. The number of aromatic nitrogens is 1. The normalized spacial score (nSPS) is 9.45. The van der Waals surface area contributed by atoms with Gasteiger partial charge in [-0.15, -0.1) is 5.43 Å². The van der Waals surface area contributed by atoms with Crippen LogP contribution in [0.1, 0.15) is 15.9 Å². The number of nitrogens with zero attached hydrogens (tertiary/aromatic N) is 2. The van der Waals surface area contributed by atoms with Crippen LogP contribution < -0.4 is 22.5 Å². The summed E-state index contributed by atoms with van der Waals surface area (Å²) in [6.07, 6.45) is 3.28. The zero-order valence-corrected chi connectivity index (χ0v) is 11.4. The van der Waals surface area contributed by atoms with E-state index in [1.807, 2.05) is 0 Å². The van der Waals surface area contributed by atoms with Crippen LogP contribution >= 0.6 is 0 Å². The van der Waals surface area contributed by atoms with Gasteiger partial charge in [0, 0.05) is 18.2 Å². The number of amides is 1. The number of carbonyl (C=O) groups excluding carboxylic acids is 1. The van der Waals surface area contributed by atoms with Crippen molar-refractivity contribution in [2.75, 3.05) is 5.43 Å². The summed E-state index contributed by atoms with van der Waals surface area (Å²) < 4.78 is 1.44. The highest BCUT2D eigenvalue weighted by atomic mass is 35.5. The number of rotatable bonds is 3. The third-order valence-corrected chi connectivity index (χ3v) is 2.54. The molecule has 0 fully saturated rings. The van der Waals surface area contributed by atoms with Gasteiger partial charge in [0.2, 0.25) is 0 Å². The Balaban J connectivity index is 0.00000200. The second kappa shape index (κ2) is 6.63. The van der Waals surface area contributed by atoms with Crippen molar-refractivity contribution in [2.24, 2.45) is 0 Å². The molecule has 20 heavy (non-hydrogen) atoms. The van der Waals surface area contributed by atoms with Crippen molar-refractivity contribution in [3.05, 3.63) is 70.0 Å². The Morgan fingerprint density at radius 2 is 1.90 bits per heavy atom. The van der Waals surface area contributed by atoms with Crippen LogP contribution in [0.15, 0.2) is 48.8 Å². The van der Waals surface area contributed by atoms with Crippen molar-refractivity contribution in [1.29, 1.82) is 0 Å². The minimum atomic E-state index is -0.565. The first-order chi connectivity index (χ1) is 9.08. The molecule has 104 valence electrons. The summed E-state index contributed by atoms with van der Waals surface area (Å²) in [4.78, 5) is 22.4. The molecule has 1 aromatic heterocycles. The molecule has 0 aliphatic rings. The molecule has 0 aliphatic heterocycles. The first-order valence-corrected chi connectivity index (χ1v) is 5.60. The van der Waals surface area contributed by atoms with Gasteiger partial charge < -0.3 is 12.4 Å². The van der Waals surface area contributed by atoms with Gasteiger partial charge in [0.25, 0.3) is 5.69 Å². The van der Waals surface area contributed by atoms with E-state index in [1.165, 1.54) is 16.8 Å². The second-order valence-electron chi connectivity index (χ2n) is 4.00. The molecule has 7 heteroatoms. The van der Waals surface area contributed by atoms with E-state index >= 15 is 0 Å². The highest BCUT2D eigenvalue weighted by molar-refractivity contribution is 6.02. The topological polar surface area (TPSA) is 76.1 Å². The molecule has 0 unspecified atom stereocenters. The van der Waals surface area contributed by atoms with Crippen LogP contribution in [-0.4, -0.2) is 10.8 Å². The van der Waals surface area contributed by atoms with E-state index in [0.717, 1.165) is 5.56 Å². The lowest BCUT2D eigenvalue weighted by Crippen LogP contribution is -3.00. The van der Waals surface area contributed by atoms with Crippen molar-refractivity contribution in [3.63, 3.8) is 0 Å². The largest absolute Gasteiger partial charge is 1.00 e. The maximum Gasteiger partial charge on any atom is 0.312 e. The molecule has 1 aromatic carbocycles. The molecule has 2 rings (SSSR count). The van der Waals surface area contributed by atoms with Gasteiger partial charge in [0.15, 0.2) is 12.4 Å². The lowest BCUT2D eigenvalue weighted by molar-refractivity contribution is -0.641. The van der Waals surface area contributed by atoms with E-state index in [0.29, 0.717) is 0 Å². The molecule has 0 atom stereocenters. The van der Waals surface area contributed by atoms with Gasteiger partial charge in [-0.25, -0.2) is 0 Å². The van der Waals surface area contributed by atoms with Crippen molar-refractivity contribution < 1.29 is 26.8 Å². The number of benzene rings is 1. The fourth-order valence-electron chi connectivity index (χ4n) is 1.64. The van der Waals surface area contributed by atoms with Crippen molar-refractivity contribution >= 4 is 11.6 Å². The highest BCUT2D eigenvalue weighted by Gasteiger charge is 2.22. The molecule has 2 aromatic rings. The molecular weight excluding hydrogens is 282 g/mol. The number of nitrogens with one attached hydrogen (secondary N) is 1.